The van der Waals surface area contributed by atoms with Gasteiger partial charge in [0.05, 0.1) is 22.6 Å². The molecular weight excluding hydrogens is 576 g/mol. The minimum Gasteiger partial charge on any atom is -0.508 e. The van der Waals surface area contributed by atoms with E-state index in [1.807, 2.05) is 0 Å². The van der Waals surface area contributed by atoms with Crippen molar-refractivity contribution in [2.45, 2.75) is 24.5 Å². The summed E-state index contributed by atoms with van der Waals surface area (Å²) in [5.74, 6) is -10.3. The molecule has 0 heterocycles. The second-order valence-electron chi connectivity index (χ2n) is 8.80. The summed E-state index contributed by atoms with van der Waals surface area (Å²) in [6.07, 6.45) is -0.519. The summed E-state index contributed by atoms with van der Waals surface area (Å²) in [4.78, 5) is 49.8. The molecule has 1 aromatic rings. The average Bonchev–Trinajstić information content (AvgIpc) is 2.72. The van der Waals surface area contributed by atoms with Gasteiger partial charge in [0.2, 0.25) is 11.5 Å². The Balaban J connectivity index is 0.00000228. The normalized spacial score (nSPS) is 27.0. The van der Waals surface area contributed by atoms with Crippen LogP contribution < -0.4 is 5.73 Å². The van der Waals surface area contributed by atoms with Crippen LogP contribution in [0.4, 0.5) is 10.1 Å². The van der Waals surface area contributed by atoms with Crippen LogP contribution >= 0.6 is 0 Å². The van der Waals surface area contributed by atoms with Crippen LogP contribution in [0.5, 0.6) is 5.75 Å². The first-order chi connectivity index (χ1) is 15.7. The number of primary amides is 1. The van der Waals surface area contributed by atoms with Gasteiger partial charge in [-0.2, -0.15) is 0 Å². The molecule has 0 bridgehead atoms. The number of carbonyl (C=O) groups is 3. The Kier molecular flexibility index (Phi) is 7.56. The van der Waals surface area contributed by atoms with Gasteiger partial charge in [0, 0.05) is 37.5 Å². The monoisotopic (exact) mass is 598 g/mol. The molecule has 12 nitrogen and oxygen atoms in total. The van der Waals surface area contributed by atoms with Crippen molar-refractivity contribution in [3.8, 4) is 5.75 Å². The van der Waals surface area contributed by atoms with Crippen LogP contribution in [-0.4, -0.2) is 73.5 Å². The third-order valence-electron chi connectivity index (χ3n) is 6.84. The van der Waals surface area contributed by atoms with E-state index in [0.29, 0.717) is 6.07 Å². The topological polar surface area (TPSA) is 205 Å². The molecule has 14 heteroatoms. The van der Waals surface area contributed by atoms with Gasteiger partial charge >= 0.3 is 5.69 Å². The van der Waals surface area contributed by atoms with Crippen LogP contribution in [0.3, 0.4) is 0 Å². The van der Waals surface area contributed by atoms with Crippen LogP contribution in [0.1, 0.15) is 17.5 Å². The quantitative estimate of drug-likeness (QED) is 0.107. The summed E-state index contributed by atoms with van der Waals surface area (Å²) >= 11 is 0. The summed E-state index contributed by atoms with van der Waals surface area (Å²) < 4.78 is 14.7. The minimum atomic E-state index is -2.85. The first-order valence-corrected chi connectivity index (χ1v) is 10.1. The Morgan fingerprint density at radius 2 is 1.86 bits per heavy atom. The van der Waals surface area contributed by atoms with Gasteiger partial charge in [0.15, 0.2) is 11.4 Å². The molecule has 0 aromatic heterocycles. The molecule has 1 saturated carbocycles. The van der Waals surface area contributed by atoms with Crippen LogP contribution in [-0.2, 0) is 41.2 Å². The SMILES string of the molecule is CN(C)[C@@H]1C(=O)C(C(N)=O)=C(O)[C@@]2(O)C(=O)C3=C(O)c4c(O)c([N+](=O)[O-])cc(F)c4CC3CC12.[CH3-].[Pd]. The number of amides is 1. The van der Waals surface area contributed by atoms with Crippen LogP contribution in [0.15, 0.2) is 23.0 Å². The van der Waals surface area contributed by atoms with Gasteiger partial charge in [0.25, 0.3) is 5.91 Å². The number of phenolic OH excluding ortho intramolecular Hbond substituents is 1. The van der Waals surface area contributed by atoms with Crippen molar-refractivity contribution in [3.63, 3.8) is 0 Å². The summed E-state index contributed by atoms with van der Waals surface area (Å²) in [6.45, 7) is 0. The van der Waals surface area contributed by atoms with E-state index >= 15 is 0 Å². The standard InChI is InChI=1S/C21H20FN3O9.CH3.Pd/c1-24(2)14-8-4-6-3-7-9(22)5-10(25(33)34)15(26)12(7)16(27)11(6)18(29)21(8,32)19(30)13(17(14)28)20(23)31;;/h5-6,8,14,26-27,30,32H,3-4H2,1-2H3,(H2,23,31);1H3;/q;-1;/t6?,8?,14-,21-;;/m0../s1. The van der Waals surface area contributed by atoms with Crippen molar-refractivity contribution in [1.82, 2.24) is 4.90 Å². The number of rotatable bonds is 3. The summed E-state index contributed by atoms with van der Waals surface area (Å²) in [6, 6.07) is -0.777. The molecule has 4 rings (SSSR count). The van der Waals surface area contributed by atoms with Gasteiger partial charge in [-0.05, 0) is 32.9 Å². The predicted molar refractivity (Wildman–Crippen MR) is 117 cm³/mol. The van der Waals surface area contributed by atoms with E-state index in [0.717, 1.165) is 0 Å². The van der Waals surface area contributed by atoms with Crippen molar-refractivity contribution in [1.29, 1.82) is 0 Å². The molecule has 0 aliphatic heterocycles. The van der Waals surface area contributed by atoms with Crippen molar-refractivity contribution >= 4 is 28.9 Å². The molecule has 1 amide bonds. The van der Waals surface area contributed by atoms with E-state index < -0.39 is 91.4 Å². The third-order valence-corrected chi connectivity index (χ3v) is 6.84. The number of benzene rings is 1. The largest absolute Gasteiger partial charge is 0.508 e. The number of carbonyl (C=O) groups excluding carboxylic acids is 3. The van der Waals surface area contributed by atoms with E-state index in [9.17, 15) is 49.3 Å². The Morgan fingerprint density at radius 1 is 1.28 bits per heavy atom. The van der Waals surface area contributed by atoms with Crippen molar-refractivity contribution in [2.75, 3.05) is 14.1 Å². The zero-order valence-corrected chi connectivity index (χ0v) is 20.8. The molecule has 3 aliphatic rings. The Hall–Kier alpha value is -3.18. The number of nitrogens with zero attached hydrogens (tertiary/aromatic N) is 2. The number of aliphatic hydroxyl groups is 3. The van der Waals surface area contributed by atoms with E-state index in [1.165, 1.54) is 19.0 Å². The second-order valence-corrected chi connectivity index (χ2v) is 8.80. The number of likely N-dealkylation sites (N-methyl/N-ethyl adjacent to an activating group) is 1. The van der Waals surface area contributed by atoms with Crippen molar-refractivity contribution in [3.05, 3.63) is 57.5 Å². The van der Waals surface area contributed by atoms with Crippen molar-refractivity contribution < 1.29 is 64.5 Å². The number of aliphatic hydroxyl groups excluding tert-OH is 2. The molecular formula is C22H23FN3O9Pd-. The van der Waals surface area contributed by atoms with Gasteiger partial charge < -0.3 is 33.6 Å². The first-order valence-electron chi connectivity index (χ1n) is 10.1. The fourth-order valence-electron chi connectivity index (χ4n) is 5.39. The zero-order valence-electron chi connectivity index (χ0n) is 19.2. The Labute approximate surface area is 217 Å². The number of hydrogen-bond acceptors (Lipinski definition) is 10. The minimum absolute atomic E-state index is 0. The Bertz CT molecular complexity index is 1280. The number of nitro groups is 1. The van der Waals surface area contributed by atoms with Crippen LogP contribution in [0, 0.1) is 35.2 Å². The molecule has 1 aromatic carbocycles. The Morgan fingerprint density at radius 3 is 2.36 bits per heavy atom. The van der Waals surface area contributed by atoms with Gasteiger partial charge in [-0.25, -0.2) is 4.39 Å². The van der Waals surface area contributed by atoms with E-state index in [-0.39, 0.29) is 46.3 Å². The smallest absolute Gasteiger partial charge is 0.314 e. The third kappa shape index (κ3) is 3.64. The maximum Gasteiger partial charge on any atom is 0.314 e. The summed E-state index contributed by atoms with van der Waals surface area (Å²) in [7, 11) is 2.90. The van der Waals surface area contributed by atoms with Crippen LogP contribution in [0.2, 0.25) is 0 Å². The van der Waals surface area contributed by atoms with E-state index in [1.54, 1.807) is 0 Å². The molecule has 1 fully saturated rings. The zero-order chi connectivity index (χ0) is 25.4. The summed E-state index contributed by atoms with van der Waals surface area (Å²) in [5, 5.41) is 54.5. The van der Waals surface area contributed by atoms with E-state index in [4.69, 9.17) is 5.73 Å². The number of fused-ring (bicyclic) bond motifs is 3. The van der Waals surface area contributed by atoms with Gasteiger partial charge in [-0.1, -0.05) is 0 Å². The molecule has 198 valence electrons. The predicted octanol–water partition coefficient (Wildman–Crippen LogP) is 0.459. The van der Waals surface area contributed by atoms with Crippen molar-refractivity contribution in [2.24, 2.45) is 17.6 Å². The molecule has 2 unspecified atom stereocenters. The number of hydrogen-bond donors (Lipinski definition) is 5. The number of ketones is 2. The van der Waals surface area contributed by atoms with Gasteiger partial charge in [-0.15, -0.1) is 0 Å². The number of phenols is 1. The molecule has 0 spiro atoms. The number of halogens is 1. The number of Topliss-reactive ketones (excluding diaryl/α,β-unsaturated/α-hetero) is 2. The molecule has 36 heavy (non-hydrogen) atoms. The number of aromatic hydroxyl groups is 1. The van der Waals surface area contributed by atoms with E-state index in [2.05, 4.69) is 0 Å². The number of nitrogens with two attached hydrogens (primary N) is 1. The maximum absolute atomic E-state index is 14.7. The molecule has 3 aliphatic carbocycles. The second kappa shape index (κ2) is 9.36. The summed E-state index contributed by atoms with van der Waals surface area (Å²) in [5.41, 5.74) is -1.12. The van der Waals surface area contributed by atoms with Crippen LogP contribution in [0.25, 0.3) is 5.76 Å². The maximum atomic E-state index is 14.7. The average molecular weight is 599 g/mol. The molecule has 0 saturated heterocycles. The van der Waals surface area contributed by atoms with Gasteiger partial charge in [0.1, 0.15) is 22.9 Å². The fraction of sp³-hybridized carbons (Fsp3) is 0.364. The molecule has 4 atom stereocenters. The van der Waals surface area contributed by atoms with Gasteiger partial charge in [-0.3, -0.25) is 29.4 Å². The number of nitro benzene ring substituents is 1. The first kappa shape index (κ1) is 29.1. The fourth-order valence-corrected chi connectivity index (χ4v) is 5.39. The molecule has 6 N–H and O–H groups in total. The molecule has 0 radical (unpaired) electrons.